The van der Waals surface area contributed by atoms with E-state index in [2.05, 4.69) is 5.32 Å². The first-order valence-electron chi connectivity index (χ1n) is 7.38. The number of nitrogens with zero attached hydrogens (tertiary/aromatic N) is 1. The van der Waals surface area contributed by atoms with E-state index in [1.165, 1.54) is 0 Å². The Morgan fingerprint density at radius 3 is 2.62 bits per heavy atom. The number of rotatable bonds is 3. The summed E-state index contributed by atoms with van der Waals surface area (Å²) in [6.07, 6.45) is 2.45. The molecule has 5 heteroatoms. The average molecular weight is 289 g/mol. The standard InChI is InChI=1S/C16H23N3O2/c1-11(17)15(20)18-13-9-6-10-14(19(2)16(13)21)12-7-4-3-5-8-12/h3-5,7-8,11,13-14H,6,9-10,17H2,1-2H3,(H,18,20)/t11-,13-,14-/m0/s1. The highest BCUT2D eigenvalue weighted by molar-refractivity contribution is 5.89. The Morgan fingerprint density at radius 2 is 2.00 bits per heavy atom. The molecule has 0 radical (unpaired) electrons. The van der Waals surface area contributed by atoms with Crippen molar-refractivity contribution in [3.05, 3.63) is 35.9 Å². The first-order chi connectivity index (χ1) is 10.0. The molecule has 1 saturated heterocycles. The molecule has 0 saturated carbocycles. The van der Waals surface area contributed by atoms with E-state index in [0.29, 0.717) is 6.42 Å². The molecule has 1 aromatic carbocycles. The lowest BCUT2D eigenvalue weighted by atomic mass is 10.0. The van der Waals surface area contributed by atoms with Crippen LogP contribution in [0.15, 0.2) is 30.3 Å². The van der Waals surface area contributed by atoms with Crippen LogP contribution in [0.25, 0.3) is 0 Å². The van der Waals surface area contributed by atoms with Crippen molar-refractivity contribution in [3.8, 4) is 0 Å². The maximum Gasteiger partial charge on any atom is 0.245 e. The zero-order chi connectivity index (χ0) is 15.4. The second kappa shape index (κ2) is 6.72. The van der Waals surface area contributed by atoms with Gasteiger partial charge in [0.2, 0.25) is 11.8 Å². The summed E-state index contributed by atoms with van der Waals surface area (Å²) in [5.41, 5.74) is 6.69. The first-order valence-corrected chi connectivity index (χ1v) is 7.38. The Balaban J connectivity index is 2.12. The van der Waals surface area contributed by atoms with Gasteiger partial charge >= 0.3 is 0 Å². The van der Waals surface area contributed by atoms with Gasteiger partial charge in [-0.3, -0.25) is 9.59 Å². The first kappa shape index (κ1) is 15.5. The van der Waals surface area contributed by atoms with Gasteiger partial charge in [0.25, 0.3) is 0 Å². The van der Waals surface area contributed by atoms with Crippen LogP contribution in [0.5, 0.6) is 0 Å². The highest BCUT2D eigenvalue weighted by Crippen LogP contribution is 2.29. The molecule has 114 valence electrons. The minimum absolute atomic E-state index is 0.0460. The van der Waals surface area contributed by atoms with Crippen LogP contribution < -0.4 is 11.1 Å². The molecule has 1 aliphatic heterocycles. The van der Waals surface area contributed by atoms with E-state index in [9.17, 15) is 9.59 Å². The minimum Gasteiger partial charge on any atom is -0.343 e. The summed E-state index contributed by atoms with van der Waals surface area (Å²) in [5, 5.41) is 2.76. The molecule has 2 rings (SSSR count). The van der Waals surface area contributed by atoms with Crippen molar-refractivity contribution < 1.29 is 9.59 Å². The van der Waals surface area contributed by atoms with Gasteiger partial charge in [-0.1, -0.05) is 30.3 Å². The Labute approximate surface area is 125 Å². The van der Waals surface area contributed by atoms with Crippen LogP contribution in [0.1, 0.15) is 37.8 Å². The normalized spacial score (nSPS) is 24.3. The molecule has 21 heavy (non-hydrogen) atoms. The van der Waals surface area contributed by atoms with E-state index in [-0.39, 0.29) is 17.9 Å². The predicted octanol–water partition coefficient (Wildman–Crippen LogP) is 1.20. The molecule has 1 aliphatic rings. The maximum absolute atomic E-state index is 12.6. The second-order valence-electron chi connectivity index (χ2n) is 5.66. The van der Waals surface area contributed by atoms with Crippen LogP contribution in [-0.4, -0.2) is 35.8 Å². The molecular formula is C16H23N3O2. The molecular weight excluding hydrogens is 266 g/mol. The van der Waals surface area contributed by atoms with Crippen LogP contribution in [0.3, 0.4) is 0 Å². The minimum atomic E-state index is -0.601. The van der Waals surface area contributed by atoms with Gasteiger partial charge in [0, 0.05) is 7.05 Å². The van der Waals surface area contributed by atoms with E-state index < -0.39 is 12.1 Å². The van der Waals surface area contributed by atoms with Gasteiger partial charge in [-0.15, -0.1) is 0 Å². The van der Waals surface area contributed by atoms with Crippen LogP contribution in [-0.2, 0) is 9.59 Å². The molecule has 1 aromatic rings. The van der Waals surface area contributed by atoms with Crippen molar-refractivity contribution in [1.29, 1.82) is 0 Å². The van der Waals surface area contributed by atoms with Crippen LogP contribution in [0.4, 0.5) is 0 Å². The topological polar surface area (TPSA) is 75.4 Å². The molecule has 3 N–H and O–H groups in total. The highest BCUT2D eigenvalue weighted by atomic mass is 16.2. The lowest BCUT2D eigenvalue weighted by molar-refractivity contribution is -0.136. The number of carbonyl (C=O) groups excluding carboxylic acids is 2. The summed E-state index contributed by atoms with van der Waals surface area (Å²) >= 11 is 0. The van der Waals surface area contributed by atoms with E-state index in [0.717, 1.165) is 18.4 Å². The number of carbonyl (C=O) groups is 2. The van der Waals surface area contributed by atoms with Crippen molar-refractivity contribution in [1.82, 2.24) is 10.2 Å². The molecule has 0 aliphatic carbocycles. The number of nitrogens with one attached hydrogen (secondary N) is 1. The zero-order valence-corrected chi connectivity index (χ0v) is 12.6. The average Bonchev–Trinajstić information content (AvgIpc) is 2.61. The van der Waals surface area contributed by atoms with Crippen molar-refractivity contribution in [2.75, 3.05) is 7.05 Å². The van der Waals surface area contributed by atoms with Gasteiger partial charge in [0.05, 0.1) is 12.1 Å². The molecule has 1 heterocycles. The fourth-order valence-electron chi connectivity index (χ4n) is 2.73. The summed E-state index contributed by atoms with van der Waals surface area (Å²) in [7, 11) is 1.80. The van der Waals surface area contributed by atoms with Gasteiger partial charge in [0.15, 0.2) is 0 Å². The largest absolute Gasteiger partial charge is 0.343 e. The monoisotopic (exact) mass is 289 g/mol. The molecule has 1 fully saturated rings. The van der Waals surface area contributed by atoms with Crippen LogP contribution in [0.2, 0.25) is 0 Å². The summed E-state index contributed by atoms with van der Waals surface area (Å²) in [6, 6.07) is 8.99. The van der Waals surface area contributed by atoms with Crippen molar-refractivity contribution >= 4 is 11.8 Å². The van der Waals surface area contributed by atoms with Crippen molar-refractivity contribution in [2.45, 2.75) is 44.3 Å². The van der Waals surface area contributed by atoms with E-state index in [1.807, 2.05) is 30.3 Å². The Bertz CT molecular complexity index is 502. The third kappa shape index (κ3) is 3.61. The molecule has 2 amide bonds. The fraction of sp³-hybridized carbons (Fsp3) is 0.500. The van der Waals surface area contributed by atoms with E-state index in [4.69, 9.17) is 5.73 Å². The number of likely N-dealkylation sites (tertiary alicyclic amines) is 1. The zero-order valence-electron chi connectivity index (χ0n) is 12.6. The van der Waals surface area contributed by atoms with Crippen molar-refractivity contribution in [2.24, 2.45) is 5.73 Å². The Kier molecular flexibility index (Phi) is 4.96. The molecule has 3 atom stereocenters. The molecule has 0 aromatic heterocycles. The number of nitrogens with two attached hydrogens (primary N) is 1. The maximum atomic E-state index is 12.6. The van der Waals surface area contributed by atoms with Crippen LogP contribution in [0, 0.1) is 0 Å². The Hall–Kier alpha value is -1.88. The third-order valence-electron chi connectivity index (χ3n) is 4.00. The van der Waals surface area contributed by atoms with Gasteiger partial charge in [0.1, 0.15) is 6.04 Å². The number of amides is 2. The smallest absolute Gasteiger partial charge is 0.245 e. The number of hydrogen-bond donors (Lipinski definition) is 2. The summed E-state index contributed by atoms with van der Waals surface area (Å²) < 4.78 is 0. The molecule has 5 nitrogen and oxygen atoms in total. The summed E-state index contributed by atoms with van der Waals surface area (Å²) in [6.45, 7) is 1.62. The van der Waals surface area contributed by atoms with Gasteiger partial charge < -0.3 is 16.0 Å². The lowest BCUT2D eigenvalue weighted by Gasteiger charge is -2.28. The lowest BCUT2D eigenvalue weighted by Crippen LogP contribution is -2.50. The second-order valence-corrected chi connectivity index (χ2v) is 5.66. The third-order valence-corrected chi connectivity index (χ3v) is 4.00. The summed E-state index contributed by atoms with van der Waals surface area (Å²) in [4.78, 5) is 26.0. The van der Waals surface area contributed by atoms with E-state index >= 15 is 0 Å². The number of benzene rings is 1. The van der Waals surface area contributed by atoms with Crippen LogP contribution >= 0.6 is 0 Å². The van der Waals surface area contributed by atoms with Gasteiger partial charge in [-0.25, -0.2) is 0 Å². The van der Waals surface area contributed by atoms with Gasteiger partial charge in [-0.2, -0.15) is 0 Å². The predicted molar refractivity (Wildman–Crippen MR) is 81.4 cm³/mol. The Morgan fingerprint density at radius 1 is 1.33 bits per heavy atom. The quantitative estimate of drug-likeness (QED) is 0.878. The van der Waals surface area contributed by atoms with Crippen molar-refractivity contribution in [3.63, 3.8) is 0 Å². The SMILES string of the molecule is C[C@H](N)C(=O)N[C@H]1CCC[C@@H](c2ccccc2)N(C)C1=O. The highest BCUT2D eigenvalue weighted by Gasteiger charge is 2.32. The number of likely N-dealkylation sites (N-methyl/N-ethyl adjacent to an activating group) is 1. The van der Waals surface area contributed by atoms with Gasteiger partial charge in [-0.05, 0) is 31.7 Å². The number of hydrogen-bond acceptors (Lipinski definition) is 3. The van der Waals surface area contributed by atoms with E-state index in [1.54, 1.807) is 18.9 Å². The molecule has 0 bridgehead atoms. The molecule has 0 unspecified atom stereocenters. The molecule has 0 spiro atoms. The fourth-order valence-corrected chi connectivity index (χ4v) is 2.73. The summed E-state index contributed by atoms with van der Waals surface area (Å²) in [5.74, 6) is -0.324.